The molecule has 0 amide bonds. The summed E-state index contributed by atoms with van der Waals surface area (Å²) in [5, 5.41) is 14.0. The van der Waals surface area contributed by atoms with E-state index in [2.05, 4.69) is 10.3 Å². The van der Waals surface area contributed by atoms with Gasteiger partial charge in [-0.1, -0.05) is 12.1 Å². The van der Waals surface area contributed by atoms with Gasteiger partial charge < -0.3 is 5.32 Å². The first kappa shape index (κ1) is 14.9. The van der Waals surface area contributed by atoms with E-state index in [4.69, 9.17) is 0 Å². The summed E-state index contributed by atoms with van der Waals surface area (Å²) in [6, 6.07) is 7.59. The molecule has 2 aromatic rings. The monoisotopic (exact) mass is 289 g/mol. The molecule has 0 saturated carbocycles. The van der Waals surface area contributed by atoms with Gasteiger partial charge in [0.2, 0.25) is 5.82 Å². The Kier molecular flexibility index (Phi) is 4.16. The van der Waals surface area contributed by atoms with Crippen LogP contribution in [0.5, 0.6) is 0 Å². The lowest BCUT2D eigenvalue weighted by molar-refractivity contribution is -0.384. The number of hydrogen-bond acceptors (Lipinski definition) is 4. The van der Waals surface area contributed by atoms with Crippen LogP contribution in [0.25, 0.3) is 0 Å². The molecule has 1 atom stereocenters. The Bertz CT molecular complexity index is 689. The highest BCUT2D eigenvalue weighted by Crippen LogP contribution is 2.27. The second-order valence-electron chi connectivity index (χ2n) is 4.95. The summed E-state index contributed by atoms with van der Waals surface area (Å²) in [5.74, 6) is -0.110. The van der Waals surface area contributed by atoms with Crippen molar-refractivity contribution in [3.8, 4) is 0 Å². The third-order valence-corrected chi connectivity index (χ3v) is 3.26. The van der Waals surface area contributed by atoms with Crippen LogP contribution in [-0.2, 0) is 0 Å². The average Bonchev–Trinajstić information content (AvgIpc) is 2.41. The highest BCUT2D eigenvalue weighted by molar-refractivity contribution is 5.57. The molecule has 1 unspecified atom stereocenters. The second-order valence-corrected chi connectivity index (χ2v) is 4.95. The van der Waals surface area contributed by atoms with Gasteiger partial charge in [0.1, 0.15) is 5.82 Å². The lowest BCUT2D eigenvalue weighted by Gasteiger charge is -2.16. The first-order valence-corrected chi connectivity index (χ1v) is 6.53. The smallest absolute Gasteiger partial charge is 0.311 e. The summed E-state index contributed by atoms with van der Waals surface area (Å²) < 4.78 is 13.6. The molecule has 110 valence electrons. The molecule has 21 heavy (non-hydrogen) atoms. The van der Waals surface area contributed by atoms with Crippen LogP contribution >= 0.6 is 0 Å². The van der Waals surface area contributed by atoms with Crippen molar-refractivity contribution in [1.82, 2.24) is 4.98 Å². The molecule has 0 fully saturated rings. The summed E-state index contributed by atoms with van der Waals surface area (Å²) in [6.07, 6.45) is 0. The zero-order chi connectivity index (χ0) is 15.6. The van der Waals surface area contributed by atoms with E-state index in [1.165, 1.54) is 12.1 Å². The van der Waals surface area contributed by atoms with Crippen LogP contribution in [0.3, 0.4) is 0 Å². The number of rotatable bonds is 4. The molecule has 0 saturated heterocycles. The Hall–Kier alpha value is -2.50. The molecule has 1 heterocycles. The van der Waals surface area contributed by atoms with Gasteiger partial charge in [0.15, 0.2) is 0 Å². The van der Waals surface area contributed by atoms with E-state index < -0.39 is 4.92 Å². The molecule has 0 aliphatic rings. The number of halogens is 1. The van der Waals surface area contributed by atoms with E-state index >= 15 is 0 Å². The number of pyridine rings is 1. The Morgan fingerprint density at radius 3 is 2.62 bits per heavy atom. The molecule has 2 rings (SSSR count). The van der Waals surface area contributed by atoms with E-state index in [0.717, 1.165) is 0 Å². The van der Waals surface area contributed by atoms with Crippen LogP contribution in [0.1, 0.15) is 29.8 Å². The average molecular weight is 289 g/mol. The Balaban J connectivity index is 2.30. The predicted octanol–water partition coefficient (Wildman–Crippen LogP) is 3.92. The van der Waals surface area contributed by atoms with Crippen molar-refractivity contribution in [2.24, 2.45) is 0 Å². The topological polar surface area (TPSA) is 68.1 Å². The van der Waals surface area contributed by atoms with Gasteiger partial charge in [-0.25, -0.2) is 9.37 Å². The van der Waals surface area contributed by atoms with Gasteiger partial charge in [-0.15, -0.1) is 0 Å². The Morgan fingerprint density at radius 2 is 2.00 bits per heavy atom. The van der Waals surface area contributed by atoms with Crippen LogP contribution in [0.2, 0.25) is 0 Å². The third-order valence-electron chi connectivity index (χ3n) is 3.26. The van der Waals surface area contributed by atoms with Gasteiger partial charge in [-0.3, -0.25) is 10.1 Å². The van der Waals surface area contributed by atoms with Crippen LogP contribution < -0.4 is 5.32 Å². The fourth-order valence-electron chi connectivity index (χ4n) is 1.97. The minimum absolute atomic E-state index is 0.0972. The van der Waals surface area contributed by atoms with E-state index in [1.807, 2.05) is 0 Å². The lowest BCUT2D eigenvalue weighted by Crippen LogP contribution is -2.10. The van der Waals surface area contributed by atoms with E-state index in [9.17, 15) is 14.5 Å². The zero-order valence-electron chi connectivity index (χ0n) is 12.1. The first-order chi connectivity index (χ1) is 9.88. The number of benzene rings is 1. The standard InChI is InChI=1S/C15H16FN3O2/c1-9-4-6-12(8-13(9)16)11(3)18-15-14(19(20)21)7-5-10(2)17-15/h4-8,11H,1-3H3,(H,17,18). The van der Waals surface area contributed by atoms with Crippen molar-refractivity contribution < 1.29 is 9.31 Å². The minimum atomic E-state index is -0.489. The van der Waals surface area contributed by atoms with Crippen LogP contribution in [0.15, 0.2) is 30.3 Å². The molecule has 0 spiro atoms. The largest absolute Gasteiger partial charge is 0.358 e. The summed E-state index contributed by atoms with van der Waals surface area (Å²) in [5.41, 5.74) is 1.84. The minimum Gasteiger partial charge on any atom is -0.358 e. The maximum absolute atomic E-state index is 13.6. The van der Waals surface area contributed by atoms with Gasteiger partial charge >= 0.3 is 5.69 Å². The molecule has 0 aliphatic heterocycles. The molecule has 0 radical (unpaired) electrons. The summed E-state index contributed by atoms with van der Waals surface area (Å²) >= 11 is 0. The quantitative estimate of drug-likeness (QED) is 0.684. The van der Waals surface area contributed by atoms with Crippen LogP contribution in [0.4, 0.5) is 15.9 Å². The highest BCUT2D eigenvalue weighted by Gasteiger charge is 2.18. The maximum atomic E-state index is 13.6. The highest BCUT2D eigenvalue weighted by atomic mass is 19.1. The normalized spacial score (nSPS) is 12.0. The molecule has 0 bridgehead atoms. The van der Waals surface area contributed by atoms with E-state index in [1.54, 1.807) is 39.0 Å². The SMILES string of the molecule is Cc1ccc([N+](=O)[O-])c(NC(C)c2ccc(C)c(F)c2)n1. The molecule has 5 nitrogen and oxygen atoms in total. The molecular weight excluding hydrogens is 273 g/mol. The molecule has 1 aromatic carbocycles. The van der Waals surface area contributed by atoms with E-state index in [0.29, 0.717) is 16.8 Å². The first-order valence-electron chi connectivity index (χ1n) is 6.53. The Morgan fingerprint density at radius 1 is 1.29 bits per heavy atom. The van der Waals surface area contributed by atoms with Crippen molar-refractivity contribution >= 4 is 11.5 Å². The maximum Gasteiger partial charge on any atom is 0.311 e. The van der Waals surface area contributed by atoms with Crippen molar-refractivity contribution in [2.45, 2.75) is 26.8 Å². The van der Waals surface area contributed by atoms with Crippen molar-refractivity contribution in [1.29, 1.82) is 0 Å². The van der Waals surface area contributed by atoms with Crippen molar-refractivity contribution in [2.75, 3.05) is 5.32 Å². The summed E-state index contributed by atoms with van der Waals surface area (Å²) in [6.45, 7) is 5.24. The number of aryl methyl sites for hydroxylation is 2. The van der Waals surface area contributed by atoms with Crippen molar-refractivity contribution in [3.05, 3.63) is 63.1 Å². The summed E-state index contributed by atoms with van der Waals surface area (Å²) in [4.78, 5) is 14.7. The number of anilines is 1. The molecular formula is C15H16FN3O2. The molecule has 1 aromatic heterocycles. The summed E-state index contributed by atoms with van der Waals surface area (Å²) in [7, 11) is 0. The second kappa shape index (κ2) is 5.87. The van der Waals surface area contributed by atoms with Crippen LogP contribution in [-0.4, -0.2) is 9.91 Å². The third kappa shape index (κ3) is 3.34. The molecule has 0 aliphatic carbocycles. The van der Waals surface area contributed by atoms with Gasteiger partial charge in [-0.2, -0.15) is 0 Å². The van der Waals surface area contributed by atoms with Gasteiger partial charge in [0.05, 0.1) is 11.0 Å². The van der Waals surface area contributed by atoms with Gasteiger partial charge in [0, 0.05) is 11.8 Å². The fraction of sp³-hybridized carbons (Fsp3) is 0.267. The van der Waals surface area contributed by atoms with Gasteiger partial charge in [-0.05, 0) is 44.0 Å². The lowest BCUT2D eigenvalue weighted by atomic mass is 10.1. The molecule has 1 N–H and O–H groups in total. The van der Waals surface area contributed by atoms with E-state index in [-0.39, 0.29) is 23.4 Å². The fourth-order valence-corrected chi connectivity index (χ4v) is 1.97. The Labute approximate surface area is 122 Å². The number of nitrogens with zero attached hydrogens (tertiary/aromatic N) is 2. The predicted molar refractivity (Wildman–Crippen MR) is 78.8 cm³/mol. The zero-order valence-corrected chi connectivity index (χ0v) is 12.1. The number of nitro groups is 1. The van der Waals surface area contributed by atoms with Gasteiger partial charge in [0.25, 0.3) is 0 Å². The van der Waals surface area contributed by atoms with Crippen molar-refractivity contribution in [3.63, 3.8) is 0 Å². The van der Waals surface area contributed by atoms with Crippen LogP contribution in [0, 0.1) is 29.8 Å². The number of hydrogen-bond donors (Lipinski definition) is 1. The molecule has 6 heteroatoms. The number of nitrogens with one attached hydrogen (secondary N) is 1. The number of aromatic nitrogens is 1.